The van der Waals surface area contributed by atoms with Crippen LogP contribution < -0.4 is 5.73 Å². The zero-order chi connectivity index (χ0) is 5.98. The SMILES string of the molecule is N=C(N)c1cnsc1. The Morgan fingerprint density at radius 1 is 1.88 bits per heavy atom. The minimum atomic E-state index is 0.0822. The molecule has 0 aliphatic rings. The van der Waals surface area contributed by atoms with Crippen LogP contribution in [0.5, 0.6) is 0 Å². The van der Waals surface area contributed by atoms with Gasteiger partial charge in [-0.25, -0.2) is 4.37 Å². The monoisotopic (exact) mass is 127 g/mol. The molecule has 1 aromatic heterocycles. The first-order valence-corrected chi connectivity index (χ1v) is 2.88. The average Bonchev–Trinajstić information content (AvgIpc) is 2.12. The van der Waals surface area contributed by atoms with Crippen LogP contribution in [0.2, 0.25) is 0 Å². The van der Waals surface area contributed by atoms with Gasteiger partial charge < -0.3 is 5.73 Å². The summed E-state index contributed by atoms with van der Waals surface area (Å²) in [4.78, 5) is 0. The molecule has 1 aromatic rings. The zero-order valence-electron chi connectivity index (χ0n) is 4.09. The van der Waals surface area contributed by atoms with Crippen LogP contribution in [0.4, 0.5) is 0 Å². The van der Waals surface area contributed by atoms with Gasteiger partial charge in [0.2, 0.25) is 0 Å². The van der Waals surface area contributed by atoms with Gasteiger partial charge in [-0.15, -0.1) is 0 Å². The van der Waals surface area contributed by atoms with Crippen LogP contribution in [0.1, 0.15) is 5.56 Å². The fraction of sp³-hybridized carbons (Fsp3) is 0. The molecule has 0 bridgehead atoms. The quantitative estimate of drug-likeness (QED) is 0.424. The van der Waals surface area contributed by atoms with Crippen molar-refractivity contribution in [3.63, 3.8) is 0 Å². The van der Waals surface area contributed by atoms with Crippen molar-refractivity contribution < 1.29 is 0 Å². The number of nitrogens with one attached hydrogen (secondary N) is 1. The maximum Gasteiger partial charge on any atom is 0.125 e. The lowest BCUT2D eigenvalue weighted by Gasteiger charge is -1.83. The lowest BCUT2D eigenvalue weighted by molar-refractivity contribution is 1.42. The molecule has 0 radical (unpaired) electrons. The smallest absolute Gasteiger partial charge is 0.125 e. The summed E-state index contributed by atoms with van der Waals surface area (Å²) in [5, 5.41) is 8.63. The molecule has 0 saturated carbocycles. The van der Waals surface area contributed by atoms with E-state index in [1.807, 2.05) is 0 Å². The first-order chi connectivity index (χ1) is 3.80. The van der Waals surface area contributed by atoms with E-state index in [2.05, 4.69) is 4.37 Å². The molecular formula is C4H5N3S. The summed E-state index contributed by atoms with van der Waals surface area (Å²) < 4.78 is 3.76. The molecule has 0 atom stereocenters. The van der Waals surface area contributed by atoms with Gasteiger partial charge in [-0.2, -0.15) is 0 Å². The summed E-state index contributed by atoms with van der Waals surface area (Å²) in [5.41, 5.74) is 5.81. The highest BCUT2D eigenvalue weighted by Gasteiger charge is 1.93. The van der Waals surface area contributed by atoms with Crippen molar-refractivity contribution in [1.29, 1.82) is 5.41 Å². The molecule has 0 amide bonds. The van der Waals surface area contributed by atoms with E-state index >= 15 is 0 Å². The molecule has 0 aliphatic heterocycles. The summed E-state index contributed by atoms with van der Waals surface area (Å²) in [6.45, 7) is 0. The second kappa shape index (κ2) is 1.92. The normalized spacial score (nSPS) is 9.00. The van der Waals surface area contributed by atoms with Gasteiger partial charge in [0.05, 0.1) is 6.20 Å². The van der Waals surface area contributed by atoms with E-state index in [0.717, 1.165) is 0 Å². The Balaban J connectivity index is 2.93. The molecule has 0 unspecified atom stereocenters. The van der Waals surface area contributed by atoms with E-state index < -0.39 is 0 Å². The van der Waals surface area contributed by atoms with Crippen LogP contribution in [0, 0.1) is 5.41 Å². The summed E-state index contributed by atoms with van der Waals surface area (Å²) in [5.74, 6) is 0.0822. The number of hydrogen-bond donors (Lipinski definition) is 2. The highest BCUT2D eigenvalue weighted by Crippen LogP contribution is 1.98. The number of amidine groups is 1. The lowest BCUT2D eigenvalue weighted by Crippen LogP contribution is -2.09. The van der Waals surface area contributed by atoms with E-state index in [1.54, 1.807) is 11.6 Å². The maximum absolute atomic E-state index is 6.90. The number of rotatable bonds is 1. The molecule has 1 rings (SSSR count). The lowest BCUT2D eigenvalue weighted by atomic mass is 10.4. The molecule has 0 saturated heterocycles. The van der Waals surface area contributed by atoms with Gasteiger partial charge in [-0.05, 0) is 11.5 Å². The van der Waals surface area contributed by atoms with E-state index in [0.29, 0.717) is 5.56 Å². The Morgan fingerprint density at radius 2 is 2.62 bits per heavy atom. The van der Waals surface area contributed by atoms with Crippen molar-refractivity contribution in [2.24, 2.45) is 5.73 Å². The van der Waals surface area contributed by atoms with Gasteiger partial charge in [-0.1, -0.05) is 0 Å². The molecule has 4 heteroatoms. The third-order valence-electron chi connectivity index (χ3n) is 0.743. The van der Waals surface area contributed by atoms with Crippen molar-refractivity contribution in [2.75, 3.05) is 0 Å². The minimum absolute atomic E-state index is 0.0822. The highest BCUT2D eigenvalue weighted by atomic mass is 32.1. The number of hydrogen-bond acceptors (Lipinski definition) is 3. The van der Waals surface area contributed by atoms with E-state index in [9.17, 15) is 0 Å². The van der Waals surface area contributed by atoms with E-state index in [-0.39, 0.29) is 5.84 Å². The van der Waals surface area contributed by atoms with E-state index in [4.69, 9.17) is 11.1 Å². The molecule has 3 nitrogen and oxygen atoms in total. The van der Waals surface area contributed by atoms with Crippen LogP contribution in [0.25, 0.3) is 0 Å². The predicted octanol–water partition coefficient (Wildman–Crippen LogP) is 0.427. The van der Waals surface area contributed by atoms with Crippen LogP contribution in [0.15, 0.2) is 11.6 Å². The molecule has 0 fully saturated rings. The Labute approximate surface area is 50.8 Å². The molecule has 3 N–H and O–H groups in total. The molecule has 8 heavy (non-hydrogen) atoms. The highest BCUT2D eigenvalue weighted by molar-refractivity contribution is 7.03. The van der Waals surface area contributed by atoms with E-state index in [1.165, 1.54) is 11.5 Å². The number of nitrogens with zero attached hydrogens (tertiary/aromatic N) is 1. The average molecular weight is 127 g/mol. The molecule has 0 aromatic carbocycles. The molecule has 0 aliphatic carbocycles. The van der Waals surface area contributed by atoms with Gasteiger partial charge in [0.1, 0.15) is 5.84 Å². The van der Waals surface area contributed by atoms with Crippen LogP contribution in [-0.2, 0) is 0 Å². The fourth-order valence-electron chi connectivity index (χ4n) is 0.338. The zero-order valence-corrected chi connectivity index (χ0v) is 4.90. The Morgan fingerprint density at radius 3 is 2.88 bits per heavy atom. The summed E-state index contributed by atoms with van der Waals surface area (Å²) in [6, 6.07) is 0. The Hall–Kier alpha value is -0.900. The largest absolute Gasteiger partial charge is 0.384 e. The fourth-order valence-corrected chi connectivity index (χ4v) is 0.875. The standard InChI is InChI=1S/C4H5N3S/c5-4(6)3-1-7-8-2-3/h1-2H,(H3,5,6). The van der Waals surface area contributed by atoms with Crippen LogP contribution >= 0.6 is 11.5 Å². The topological polar surface area (TPSA) is 62.8 Å². The van der Waals surface area contributed by atoms with Crippen LogP contribution in [0.3, 0.4) is 0 Å². The second-order valence-corrected chi connectivity index (χ2v) is 1.98. The van der Waals surface area contributed by atoms with Gasteiger partial charge >= 0.3 is 0 Å². The van der Waals surface area contributed by atoms with Crippen molar-refractivity contribution in [2.45, 2.75) is 0 Å². The van der Waals surface area contributed by atoms with Gasteiger partial charge in [-0.3, -0.25) is 5.41 Å². The summed E-state index contributed by atoms with van der Waals surface area (Å²) >= 11 is 1.30. The number of aromatic nitrogens is 1. The maximum atomic E-state index is 6.90. The third-order valence-corrected chi connectivity index (χ3v) is 1.33. The molecule has 1 heterocycles. The van der Waals surface area contributed by atoms with Crippen LogP contribution in [-0.4, -0.2) is 10.2 Å². The van der Waals surface area contributed by atoms with Gasteiger partial charge in [0.25, 0.3) is 0 Å². The van der Waals surface area contributed by atoms with Crippen molar-refractivity contribution in [3.05, 3.63) is 17.1 Å². The minimum Gasteiger partial charge on any atom is -0.384 e. The molecule has 42 valence electrons. The second-order valence-electron chi connectivity index (χ2n) is 1.33. The predicted molar refractivity (Wildman–Crippen MR) is 33.1 cm³/mol. The first-order valence-electron chi connectivity index (χ1n) is 2.04. The number of nitrogen functional groups attached to an aromatic ring is 1. The third kappa shape index (κ3) is 0.840. The Kier molecular flexibility index (Phi) is 1.26. The van der Waals surface area contributed by atoms with Crippen molar-refractivity contribution in [3.8, 4) is 0 Å². The Bertz CT molecular complexity index is 179. The first kappa shape index (κ1) is 5.24. The van der Waals surface area contributed by atoms with Gasteiger partial charge in [0, 0.05) is 10.9 Å². The number of nitrogens with two attached hydrogens (primary N) is 1. The molecular weight excluding hydrogens is 122 g/mol. The summed E-state index contributed by atoms with van der Waals surface area (Å²) in [6.07, 6.45) is 1.58. The van der Waals surface area contributed by atoms with Gasteiger partial charge in [0.15, 0.2) is 0 Å². The molecule has 0 spiro atoms. The van der Waals surface area contributed by atoms with Crippen molar-refractivity contribution >= 4 is 17.4 Å². The summed E-state index contributed by atoms with van der Waals surface area (Å²) in [7, 11) is 0. The van der Waals surface area contributed by atoms with Crippen molar-refractivity contribution in [1.82, 2.24) is 4.37 Å².